The zero-order valence-corrected chi connectivity index (χ0v) is 12.5. The number of carbonyl (C=O) groups is 1. The Kier molecular flexibility index (Phi) is 3.80. The van der Waals surface area contributed by atoms with Gasteiger partial charge in [0.25, 0.3) is 5.91 Å². The molecular weight excluding hydrogens is 299 g/mol. The summed E-state index contributed by atoms with van der Waals surface area (Å²) in [5, 5.41) is 0.582. The Morgan fingerprint density at radius 3 is 2.95 bits per heavy atom. The highest BCUT2D eigenvalue weighted by molar-refractivity contribution is 6.44. The first-order valence-corrected chi connectivity index (χ1v) is 7.50. The van der Waals surface area contributed by atoms with Crippen molar-refractivity contribution in [3.05, 3.63) is 27.7 Å². The molecular formula is C14H16Cl2N2O2. The Morgan fingerprint density at radius 2 is 2.15 bits per heavy atom. The van der Waals surface area contributed by atoms with Crippen molar-refractivity contribution in [2.24, 2.45) is 0 Å². The van der Waals surface area contributed by atoms with E-state index in [2.05, 4.69) is 0 Å². The van der Waals surface area contributed by atoms with Gasteiger partial charge in [0.1, 0.15) is 0 Å². The molecule has 4 nitrogen and oxygen atoms in total. The Balaban J connectivity index is 1.92. The van der Waals surface area contributed by atoms with Crippen molar-refractivity contribution in [2.75, 3.05) is 18.9 Å². The first-order chi connectivity index (χ1) is 9.58. The van der Waals surface area contributed by atoms with Crippen molar-refractivity contribution in [3.8, 4) is 0 Å². The SMILES string of the molecule is Nc1cc(Cl)c(Cl)c(C(=O)N2CCOC3CCCC32)c1. The Labute approximate surface area is 127 Å². The van der Waals surface area contributed by atoms with Gasteiger partial charge in [-0.05, 0) is 31.4 Å². The molecule has 2 N–H and O–H groups in total. The van der Waals surface area contributed by atoms with Crippen LogP contribution in [0.25, 0.3) is 0 Å². The molecule has 0 bridgehead atoms. The minimum atomic E-state index is -0.107. The number of anilines is 1. The van der Waals surface area contributed by atoms with Crippen LogP contribution in [0.3, 0.4) is 0 Å². The average molecular weight is 315 g/mol. The highest BCUT2D eigenvalue weighted by Crippen LogP contribution is 2.34. The molecule has 1 amide bonds. The first-order valence-electron chi connectivity index (χ1n) is 6.75. The van der Waals surface area contributed by atoms with Gasteiger partial charge in [0, 0.05) is 12.2 Å². The van der Waals surface area contributed by atoms with Gasteiger partial charge >= 0.3 is 0 Å². The summed E-state index contributed by atoms with van der Waals surface area (Å²) in [5.74, 6) is -0.107. The maximum atomic E-state index is 12.7. The summed E-state index contributed by atoms with van der Waals surface area (Å²) in [5.41, 5.74) is 6.59. The molecule has 1 heterocycles. The van der Waals surface area contributed by atoms with Gasteiger partial charge < -0.3 is 15.4 Å². The number of ether oxygens (including phenoxy) is 1. The molecule has 108 valence electrons. The Morgan fingerprint density at radius 1 is 1.35 bits per heavy atom. The minimum Gasteiger partial charge on any atom is -0.399 e. The second-order valence-electron chi connectivity index (χ2n) is 5.27. The van der Waals surface area contributed by atoms with E-state index in [0.717, 1.165) is 19.3 Å². The van der Waals surface area contributed by atoms with Crippen molar-refractivity contribution in [2.45, 2.75) is 31.4 Å². The standard InChI is InChI=1S/C14H16Cl2N2O2/c15-10-7-8(17)6-9(13(10)16)14(19)18-4-5-20-12-3-1-2-11(12)18/h6-7,11-12H,1-5,17H2. The largest absolute Gasteiger partial charge is 0.399 e. The molecule has 2 fully saturated rings. The average Bonchev–Trinajstić information content (AvgIpc) is 2.90. The lowest BCUT2D eigenvalue weighted by Crippen LogP contribution is -2.51. The highest BCUT2D eigenvalue weighted by atomic mass is 35.5. The number of carbonyl (C=O) groups excluding carboxylic acids is 1. The quantitative estimate of drug-likeness (QED) is 0.811. The van der Waals surface area contributed by atoms with Crippen LogP contribution in [0.15, 0.2) is 12.1 Å². The first kappa shape index (κ1) is 14.0. The van der Waals surface area contributed by atoms with Gasteiger partial charge in [-0.25, -0.2) is 0 Å². The number of benzene rings is 1. The van der Waals surface area contributed by atoms with Gasteiger partial charge in [-0.1, -0.05) is 23.2 Å². The molecule has 1 aromatic rings. The predicted molar refractivity (Wildman–Crippen MR) is 79.3 cm³/mol. The molecule has 2 unspecified atom stereocenters. The molecule has 1 saturated carbocycles. The van der Waals surface area contributed by atoms with E-state index < -0.39 is 0 Å². The summed E-state index contributed by atoms with van der Waals surface area (Å²) >= 11 is 12.2. The smallest absolute Gasteiger partial charge is 0.255 e. The second-order valence-corrected chi connectivity index (χ2v) is 6.06. The number of rotatable bonds is 1. The summed E-state index contributed by atoms with van der Waals surface area (Å²) in [6, 6.07) is 3.29. The van der Waals surface area contributed by atoms with Crippen LogP contribution in [0.1, 0.15) is 29.6 Å². The fourth-order valence-corrected chi connectivity index (χ4v) is 3.52. The zero-order chi connectivity index (χ0) is 14.3. The van der Waals surface area contributed by atoms with E-state index in [4.69, 9.17) is 33.7 Å². The summed E-state index contributed by atoms with van der Waals surface area (Å²) < 4.78 is 5.72. The van der Waals surface area contributed by atoms with Crippen molar-refractivity contribution >= 4 is 34.8 Å². The molecule has 3 rings (SSSR count). The fraction of sp³-hybridized carbons (Fsp3) is 0.500. The third kappa shape index (κ3) is 2.36. The third-order valence-electron chi connectivity index (χ3n) is 4.02. The van der Waals surface area contributed by atoms with Crippen LogP contribution in [0.2, 0.25) is 10.0 Å². The number of amides is 1. The fourth-order valence-electron chi connectivity index (χ4n) is 3.10. The zero-order valence-electron chi connectivity index (χ0n) is 10.9. The van der Waals surface area contributed by atoms with E-state index >= 15 is 0 Å². The molecule has 1 aromatic carbocycles. The number of hydrogen-bond acceptors (Lipinski definition) is 3. The lowest BCUT2D eigenvalue weighted by atomic mass is 10.1. The van der Waals surface area contributed by atoms with Gasteiger partial charge in [0.2, 0.25) is 0 Å². The Bertz CT molecular complexity index is 550. The maximum absolute atomic E-state index is 12.7. The number of morpholine rings is 1. The number of nitrogen functional groups attached to an aromatic ring is 1. The van der Waals surface area contributed by atoms with E-state index in [1.165, 1.54) is 0 Å². The highest BCUT2D eigenvalue weighted by Gasteiger charge is 2.39. The summed E-state index contributed by atoms with van der Waals surface area (Å²) in [4.78, 5) is 14.6. The van der Waals surface area contributed by atoms with E-state index in [-0.39, 0.29) is 23.1 Å². The molecule has 0 aromatic heterocycles. The van der Waals surface area contributed by atoms with Crippen molar-refractivity contribution in [3.63, 3.8) is 0 Å². The van der Waals surface area contributed by atoms with Crippen molar-refractivity contribution < 1.29 is 9.53 Å². The maximum Gasteiger partial charge on any atom is 0.255 e. The number of hydrogen-bond donors (Lipinski definition) is 1. The van der Waals surface area contributed by atoms with Crippen LogP contribution in [-0.4, -0.2) is 36.1 Å². The molecule has 2 atom stereocenters. The van der Waals surface area contributed by atoms with Crippen molar-refractivity contribution in [1.29, 1.82) is 0 Å². The third-order valence-corrected chi connectivity index (χ3v) is 4.83. The molecule has 1 saturated heterocycles. The molecule has 1 aliphatic carbocycles. The summed E-state index contributed by atoms with van der Waals surface area (Å²) in [7, 11) is 0. The van der Waals surface area contributed by atoms with Crippen molar-refractivity contribution in [1.82, 2.24) is 4.90 Å². The normalized spacial score (nSPS) is 25.6. The minimum absolute atomic E-state index is 0.107. The monoisotopic (exact) mass is 314 g/mol. The molecule has 6 heteroatoms. The van der Waals surface area contributed by atoms with Gasteiger partial charge in [0.15, 0.2) is 0 Å². The topological polar surface area (TPSA) is 55.6 Å². The van der Waals surface area contributed by atoms with Crippen LogP contribution in [0.5, 0.6) is 0 Å². The van der Waals surface area contributed by atoms with Gasteiger partial charge in [-0.2, -0.15) is 0 Å². The van der Waals surface area contributed by atoms with E-state index in [0.29, 0.717) is 29.4 Å². The summed E-state index contributed by atoms with van der Waals surface area (Å²) in [6.07, 6.45) is 3.23. The van der Waals surface area contributed by atoms with E-state index in [1.807, 2.05) is 4.90 Å². The number of halogens is 2. The van der Waals surface area contributed by atoms with E-state index in [1.54, 1.807) is 12.1 Å². The number of fused-ring (bicyclic) bond motifs is 1. The molecule has 1 aliphatic heterocycles. The van der Waals surface area contributed by atoms with Crippen LogP contribution in [0.4, 0.5) is 5.69 Å². The van der Waals surface area contributed by atoms with Gasteiger partial charge in [-0.15, -0.1) is 0 Å². The number of nitrogens with zero attached hydrogens (tertiary/aromatic N) is 1. The lowest BCUT2D eigenvalue weighted by molar-refractivity contribution is -0.0445. The van der Waals surface area contributed by atoms with Crippen LogP contribution in [-0.2, 0) is 4.74 Å². The van der Waals surface area contributed by atoms with Crippen LogP contribution < -0.4 is 5.73 Å². The predicted octanol–water partition coefficient (Wildman–Crippen LogP) is 2.97. The summed E-state index contributed by atoms with van der Waals surface area (Å²) in [6.45, 7) is 1.16. The molecule has 2 aliphatic rings. The van der Waals surface area contributed by atoms with Crippen LogP contribution >= 0.6 is 23.2 Å². The Hall–Kier alpha value is -0.970. The van der Waals surface area contributed by atoms with Crippen LogP contribution in [0, 0.1) is 0 Å². The second kappa shape index (κ2) is 5.43. The molecule has 0 spiro atoms. The number of nitrogens with two attached hydrogens (primary N) is 1. The lowest BCUT2D eigenvalue weighted by Gasteiger charge is -2.37. The van der Waals surface area contributed by atoms with E-state index in [9.17, 15) is 4.79 Å². The van der Waals surface area contributed by atoms with Gasteiger partial charge in [0.05, 0.1) is 34.4 Å². The molecule has 0 radical (unpaired) electrons. The molecule has 20 heavy (non-hydrogen) atoms. The van der Waals surface area contributed by atoms with Gasteiger partial charge in [-0.3, -0.25) is 4.79 Å².